The van der Waals surface area contributed by atoms with E-state index in [4.69, 9.17) is 9.84 Å². The fourth-order valence-corrected chi connectivity index (χ4v) is 4.94. The Bertz CT molecular complexity index is 1080. The highest BCUT2D eigenvalue weighted by Gasteiger charge is 2.24. The molecule has 4 rings (SSSR count). The summed E-state index contributed by atoms with van der Waals surface area (Å²) in [4.78, 5) is 5.16. The first-order valence-electron chi connectivity index (χ1n) is 12.5. The molecule has 0 radical (unpaired) electrons. The number of rotatable bonds is 7. The summed E-state index contributed by atoms with van der Waals surface area (Å²) in [6, 6.07) is 20.0. The smallest absolute Gasteiger partial charge is 0.118 e. The molecule has 0 N–H and O–H groups in total. The number of aryl methyl sites for hydroxylation is 2. The van der Waals surface area contributed by atoms with Crippen molar-refractivity contribution >= 4 is 5.69 Å². The van der Waals surface area contributed by atoms with Gasteiger partial charge in [0, 0.05) is 36.9 Å². The zero-order valence-electron chi connectivity index (χ0n) is 21.7. The van der Waals surface area contributed by atoms with Crippen molar-refractivity contribution in [1.29, 1.82) is 0 Å². The maximum atomic E-state index is 5.33. The van der Waals surface area contributed by atoms with Crippen LogP contribution in [0.1, 0.15) is 45.4 Å². The lowest BCUT2D eigenvalue weighted by Gasteiger charge is -2.41. The second-order valence-corrected chi connectivity index (χ2v) is 10.6. The van der Waals surface area contributed by atoms with Gasteiger partial charge < -0.3 is 9.64 Å². The number of ether oxygens (including phenoxy) is 1. The molecular formula is C29H40N4O. The summed E-state index contributed by atoms with van der Waals surface area (Å²) < 4.78 is 7.51. The van der Waals surface area contributed by atoms with Crippen molar-refractivity contribution in [2.75, 3.05) is 38.2 Å². The monoisotopic (exact) mass is 460 g/mol. The Labute approximate surface area is 205 Å². The van der Waals surface area contributed by atoms with E-state index in [1.54, 1.807) is 7.11 Å². The van der Waals surface area contributed by atoms with E-state index in [9.17, 15) is 0 Å². The van der Waals surface area contributed by atoms with Crippen molar-refractivity contribution in [2.45, 2.75) is 59.0 Å². The maximum Gasteiger partial charge on any atom is 0.118 e. The van der Waals surface area contributed by atoms with Crippen molar-refractivity contribution in [3.63, 3.8) is 0 Å². The van der Waals surface area contributed by atoms with E-state index in [1.165, 1.54) is 28.2 Å². The molecule has 0 bridgehead atoms. The molecule has 3 aromatic rings. The minimum absolute atomic E-state index is 0.0743. The molecule has 1 aliphatic heterocycles. The Kier molecular flexibility index (Phi) is 7.32. The fraction of sp³-hybridized carbons (Fsp3) is 0.483. The number of piperazine rings is 1. The highest BCUT2D eigenvalue weighted by molar-refractivity contribution is 5.61. The molecule has 1 unspecified atom stereocenters. The lowest BCUT2D eigenvalue weighted by atomic mass is 10.1. The van der Waals surface area contributed by atoms with Gasteiger partial charge in [-0.05, 0) is 102 Å². The minimum atomic E-state index is -0.0743. The Balaban J connectivity index is 1.37. The third-order valence-corrected chi connectivity index (χ3v) is 6.73. The minimum Gasteiger partial charge on any atom is -0.497 e. The third kappa shape index (κ3) is 5.64. The number of hydrogen-bond acceptors (Lipinski definition) is 4. The largest absolute Gasteiger partial charge is 0.497 e. The Hall–Kier alpha value is -2.79. The van der Waals surface area contributed by atoms with Crippen LogP contribution in [0.25, 0.3) is 11.3 Å². The molecule has 0 aliphatic carbocycles. The van der Waals surface area contributed by atoms with E-state index in [-0.39, 0.29) is 5.54 Å². The summed E-state index contributed by atoms with van der Waals surface area (Å²) >= 11 is 0. The molecule has 1 saturated heterocycles. The van der Waals surface area contributed by atoms with Gasteiger partial charge in [0.1, 0.15) is 5.75 Å². The Morgan fingerprint density at radius 3 is 2.44 bits per heavy atom. The lowest BCUT2D eigenvalue weighted by molar-refractivity contribution is 0.226. The Morgan fingerprint density at radius 1 is 1.03 bits per heavy atom. The quantitative estimate of drug-likeness (QED) is 0.448. The van der Waals surface area contributed by atoms with Crippen LogP contribution in [0.5, 0.6) is 5.75 Å². The first kappa shape index (κ1) is 24.3. The van der Waals surface area contributed by atoms with E-state index in [0.717, 1.165) is 44.8 Å². The molecule has 0 amide bonds. The van der Waals surface area contributed by atoms with Gasteiger partial charge >= 0.3 is 0 Å². The highest BCUT2D eigenvalue weighted by atomic mass is 16.5. The van der Waals surface area contributed by atoms with E-state index in [1.807, 2.05) is 12.1 Å². The number of aromatic nitrogens is 2. The number of benzene rings is 2. The molecule has 2 aromatic carbocycles. The predicted molar refractivity (Wildman–Crippen MR) is 142 cm³/mol. The van der Waals surface area contributed by atoms with Gasteiger partial charge in [-0.15, -0.1) is 0 Å². The average Bonchev–Trinajstić information content (AvgIpc) is 3.24. The number of hydrogen-bond donors (Lipinski definition) is 0. The molecule has 1 aliphatic rings. The summed E-state index contributed by atoms with van der Waals surface area (Å²) in [6.07, 6.45) is 2.12. The van der Waals surface area contributed by atoms with Gasteiger partial charge in [0.05, 0.1) is 24.0 Å². The molecule has 182 valence electrons. The van der Waals surface area contributed by atoms with E-state index >= 15 is 0 Å². The molecule has 0 spiro atoms. The Morgan fingerprint density at radius 2 is 1.79 bits per heavy atom. The summed E-state index contributed by atoms with van der Waals surface area (Å²) in [5.74, 6) is 0.877. The van der Waals surface area contributed by atoms with Crippen LogP contribution in [-0.4, -0.2) is 54.0 Å². The number of methoxy groups -OCH3 is 1. The van der Waals surface area contributed by atoms with Crippen molar-refractivity contribution in [3.05, 3.63) is 65.9 Å². The normalized spacial score (nSPS) is 17.2. The summed E-state index contributed by atoms with van der Waals surface area (Å²) in [7, 11) is 1.70. The zero-order valence-corrected chi connectivity index (χ0v) is 21.7. The van der Waals surface area contributed by atoms with Crippen LogP contribution in [0.15, 0.2) is 54.6 Å². The van der Waals surface area contributed by atoms with Crippen LogP contribution in [0.3, 0.4) is 0 Å². The molecule has 1 fully saturated rings. The van der Waals surface area contributed by atoms with Gasteiger partial charge in [-0.2, -0.15) is 5.10 Å². The van der Waals surface area contributed by atoms with Crippen molar-refractivity contribution in [3.8, 4) is 17.0 Å². The van der Waals surface area contributed by atoms with E-state index in [2.05, 4.69) is 91.6 Å². The van der Waals surface area contributed by atoms with Crippen LogP contribution in [0, 0.1) is 6.92 Å². The molecule has 1 aromatic heterocycles. The van der Waals surface area contributed by atoms with E-state index < -0.39 is 0 Å². The molecule has 1 atom stereocenters. The summed E-state index contributed by atoms with van der Waals surface area (Å²) in [5.41, 5.74) is 6.13. The fourth-order valence-electron chi connectivity index (χ4n) is 4.94. The zero-order chi connectivity index (χ0) is 24.3. The van der Waals surface area contributed by atoms with Crippen LogP contribution in [0.4, 0.5) is 5.69 Å². The van der Waals surface area contributed by atoms with Gasteiger partial charge in [-0.25, -0.2) is 0 Å². The van der Waals surface area contributed by atoms with Crippen molar-refractivity contribution < 1.29 is 4.74 Å². The van der Waals surface area contributed by atoms with Crippen LogP contribution >= 0.6 is 0 Å². The van der Waals surface area contributed by atoms with E-state index in [0.29, 0.717) is 6.04 Å². The number of nitrogens with zero attached hydrogens (tertiary/aromatic N) is 4. The molecule has 34 heavy (non-hydrogen) atoms. The summed E-state index contributed by atoms with van der Waals surface area (Å²) in [5, 5.41) is 5.02. The molecular weight excluding hydrogens is 420 g/mol. The van der Waals surface area contributed by atoms with Gasteiger partial charge in [0.2, 0.25) is 0 Å². The van der Waals surface area contributed by atoms with Crippen LogP contribution in [-0.2, 0) is 12.0 Å². The lowest BCUT2D eigenvalue weighted by Crippen LogP contribution is -2.52. The van der Waals surface area contributed by atoms with Gasteiger partial charge in [0.25, 0.3) is 0 Å². The third-order valence-electron chi connectivity index (χ3n) is 6.73. The SMILES string of the molecule is COc1ccc(-c2cc(CCCN3CCN(c4cccc(C)c4)C(C)C3)nn2C(C)(C)C)cc1. The molecule has 0 saturated carbocycles. The molecule has 5 heteroatoms. The topological polar surface area (TPSA) is 33.5 Å². The molecule has 5 nitrogen and oxygen atoms in total. The second kappa shape index (κ2) is 10.2. The van der Waals surface area contributed by atoms with Crippen LogP contribution in [0.2, 0.25) is 0 Å². The van der Waals surface area contributed by atoms with Gasteiger partial charge in [0.15, 0.2) is 0 Å². The maximum absolute atomic E-state index is 5.33. The standard InChI is InChI=1S/C29H40N4O/c1-22-9-7-11-26(19-22)32-18-17-31(21-23(32)2)16-8-10-25-20-28(33(30-25)29(3,4)5)24-12-14-27(34-6)15-13-24/h7,9,11-15,19-20,23H,8,10,16-18,21H2,1-6H3. The van der Waals surface area contributed by atoms with Gasteiger partial charge in [-0.1, -0.05) is 12.1 Å². The first-order chi connectivity index (χ1) is 16.2. The van der Waals surface area contributed by atoms with Crippen molar-refractivity contribution in [1.82, 2.24) is 14.7 Å². The summed E-state index contributed by atoms with van der Waals surface area (Å²) in [6.45, 7) is 15.6. The average molecular weight is 461 g/mol. The van der Waals surface area contributed by atoms with Gasteiger partial charge in [-0.3, -0.25) is 9.58 Å². The van der Waals surface area contributed by atoms with Crippen molar-refractivity contribution in [2.24, 2.45) is 0 Å². The highest BCUT2D eigenvalue weighted by Crippen LogP contribution is 2.29. The number of anilines is 1. The predicted octanol–water partition coefficient (Wildman–Crippen LogP) is 5.77. The second-order valence-electron chi connectivity index (χ2n) is 10.6. The van der Waals surface area contributed by atoms with Crippen LogP contribution < -0.4 is 9.64 Å². The first-order valence-corrected chi connectivity index (χ1v) is 12.5. The molecule has 2 heterocycles.